The number of rotatable bonds is 8. The number of hydrogen-bond acceptors (Lipinski definition) is 3. The number of aromatic nitrogens is 2. The van der Waals surface area contributed by atoms with E-state index >= 15 is 0 Å². The summed E-state index contributed by atoms with van der Waals surface area (Å²) in [5.74, 6) is 0. The number of aromatic amines is 1. The van der Waals surface area contributed by atoms with Gasteiger partial charge >= 0.3 is 0 Å². The number of para-hydroxylation sites is 1. The Morgan fingerprint density at radius 2 is 1.83 bits per heavy atom. The Morgan fingerprint density at radius 3 is 2.58 bits per heavy atom. The highest BCUT2D eigenvalue weighted by atomic mass is 15.1. The van der Waals surface area contributed by atoms with Gasteiger partial charge in [0.2, 0.25) is 0 Å². The van der Waals surface area contributed by atoms with Crippen molar-refractivity contribution in [2.24, 2.45) is 0 Å². The first-order valence-corrected chi connectivity index (χ1v) is 8.41. The summed E-state index contributed by atoms with van der Waals surface area (Å²) in [6.07, 6.45) is 3.83. The van der Waals surface area contributed by atoms with E-state index < -0.39 is 0 Å². The van der Waals surface area contributed by atoms with Gasteiger partial charge in [-0.05, 0) is 42.8 Å². The van der Waals surface area contributed by atoms with Crippen LogP contribution in [0.1, 0.15) is 23.9 Å². The minimum Gasteiger partial charge on any atom is -0.385 e. The summed E-state index contributed by atoms with van der Waals surface area (Å²) < 4.78 is 0. The van der Waals surface area contributed by atoms with Crippen LogP contribution in [-0.2, 0) is 19.6 Å². The largest absolute Gasteiger partial charge is 0.385 e. The summed E-state index contributed by atoms with van der Waals surface area (Å²) in [5, 5.41) is 3.45. The van der Waals surface area contributed by atoms with Gasteiger partial charge in [-0.2, -0.15) is 0 Å². The van der Waals surface area contributed by atoms with Crippen molar-refractivity contribution in [2.45, 2.75) is 26.6 Å². The van der Waals surface area contributed by atoms with Crippen LogP contribution in [0.3, 0.4) is 0 Å². The molecule has 0 aliphatic carbocycles. The minimum atomic E-state index is 0.820. The fraction of sp³-hybridized carbons (Fsp3) is 0.250. The summed E-state index contributed by atoms with van der Waals surface area (Å²) in [5.41, 5.74) is 4.82. The number of anilines is 1. The molecule has 0 aliphatic heterocycles. The standard InChI is InChI=1S/C20H24N4/c1-2-21-20-11-4-3-8-17(20)14-24(16-19-10-7-13-23-19)15-18-9-5-6-12-22-18/h3-13,21,23H,2,14-16H2,1H3. The molecule has 124 valence electrons. The van der Waals surface area contributed by atoms with E-state index in [-0.39, 0.29) is 0 Å². The summed E-state index contributed by atoms with van der Waals surface area (Å²) in [6.45, 7) is 5.61. The van der Waals surface area contributed by atoms with Gasteiger partial charge in [0.15, 0.2) is 0 Å². The van der Waals surface area contributed by atoms with Crippen molar-refractivity contribution < 1.29 is 0 Å². The zero-order valence-electron chi connectivity index (χ0n) is 14.1. The van der Waals surface area contributed by atoms with Gasteiger partial charge in [0.25, 0.3) is 0 Å². The van der Waals surface area contributed by atoms with Crippen LogP contribution in [0.15, 0.2) is 67.0 Å². The fourth-order valence-electron chi connectivity index (χ4n) is 2.86. The lowest BCUT2D eigenvalue weighted by Crippen LogP contribution is -2.23. The third-order valence-electron chi connectivity index (χ3n) is 3.95. The Labute approximate surface area is 143 Å². The average molecular weight is 320 g/mol. The molecule has 0 atom stereocenters. The van der Waals surface area contributed by atoms with Crippen LogP contribution in [0, 0.1) is 0 Å². The van der Waals surface area contributed by atoms with Crippen LogP contribution in [0.5, 0.6) is 0 Å². The molecule has 0 bridgehead atoms. The monoisotopic (exact) mass is 320 g/mol. The normalized spacial score (nSPS) is 10.9. The van der Waals surface area contributed by atoms with Crippen LogP contribution in [-0.4, -0.2) is 21.4 Å². The SMILES string of the molecule is CCNc1ccccc1CN(Cc1ccccn1)Cc1ccc[nH]1. The Morgan fingerprint density at radius 1 is 0.958 bits per heavy atom. The molecule has 0 saturated heterocycles. The number of H-pyrrole nitrogens is 1. The van der Waals surface area contributed by atoms with Crippen LogP contribution in [0.25, 0.3) is 0 Å². The van der Waals surface area contributed by atoms with E-state index in [1.807, 2.05) is 30.6 Å². The molecule has 0 saturated carbocycles. The molecule has 2 N–H and O–H groups in total. The maximum atomic E-state index is 4.48. The van der Waals surface area contributed by atoms with E-state index in [0.717, 1.165) is 31.9 Å². The second-order valence-corrected chi connectivity index (χ2v) is 5.85. The van der Waals surface area contributed by atoms with Gasteiger partial charge in [-0.15, -0.1) is 0 Å². The van der Waals surface area contributed by atoms with Gasteiger partial charge in [0, 0.05) is 50.0 Å². The summed E-state index contributed by atoms with van der Waals surface area (Å²) in [6, 6.07) is 18.8. The highest BCUT2D eigenvalue weighted by Gasteiger charge is 2.11. The third-order valence-corrected chi connectivity index (χ3v) is 3.95. The van der Waals surface area contributed by atoms with Crippen molar-refractivity contribution in [3.05, 3.63) is 83.9 Å². The second-order valence-electron chi connectivity index (χ2n) is 5.85. The molecular formula is C20H24N4. The number of nitrogens with one attached hydrogen (secondary N) is 2. The molecule has 0 spiro atoms. The highest BCUT2D eigenvalue weighted by molar-refractivity contribution is 5.50. The van der Waals surface area contributed by atoms with Crippen LogP contribution < -0.4 is 5.32 Å². The molecule has 0 unspecified atom stereocenters. The van der Waals surface area contributed by atoms with Crippen molar-refractivity contribution in [3.8, 4) is 0 Å². The zero-order valence-corrected chi connectivity index (χ0v) is 14.1. The topological polar surface area (TPSA) is 44.0 Å². The maximum absolute atomic E-state index is 4.48. The van der Waals surface area contributed by atoms with Gasteiger partial charge < -0.3 is 10.3 Å². The lowest BCUT2D eigenvalue weighted by molar-refractivity contribution is 0.242. The van der Waals surface area contributed by atoms with Crippen LogP contribution in [0.4, 0.5) is 5.69 Å². The molecule has 0 radical (unpaired) electrons. The summed E-state index contributed by atoms with van der Waals surface area (Å²) in [7, 11) is 0. The van der Waals surface area contributed by atoms with E-state index in [2.05, 4.69) is 63.5 Å². The summed E-state index contributed by atoms with van der Waals surface area (Å²) in [4.78, 5) is 10.2. The third kappa shape index (κ3) is 4.46. The molecule has 0 amide bonds. The number of pyridine rings is 1. The van der Waals surface area contributed by atoms with E-state index in [1.54, 1.807) is 0 Å². The Balaban J connectivity index is 1.79. The Bertz CT molecular complexity index is 722. The second kappa shape index (κ2) is 8.31. The van der Waals surface area contributed by atoms with Gasteiger partial charge in [-0.25, -0.2) is 0 Å². The molecule has 0 fully saturated rings. The highest BCUT2D eigenvalue weighted by Crippen LogP contribution is 2.19. The van der Waals surface area contributed by atoms with Gasteiger partial charge in [-0.1, -0.05) is 24.3 Å². The molecule has 3 rings (SSSR count). The maximum Gasteiger partial charge on any atom is 0.0544 e. The first-order valence-electron chi connectivity index (χ1n) is 8.41. The van der Waals surface area contributed by atoms with Crippen LogP contribution >= 0.6 is 0 Å². The molecule has 4 nitrogen and oxygen atoms in total. The lowest BCUT2D eigenvalue weighted by atomic mass is 10.1. The molecule has 4 heteroatoms. The molecule has 3 aromatic rings. The van der Waals surface area contributed by atoms with E-state index in [0.29, 0.717) is 0 Å². The van der Waals surface area contributed by atoms with E-state index in [4.69, 9.17) is 0 Å². The number of benzene rings is 1. The first kappa shape index (κ1) is 16.3. The molecule has 2 heterocycles. The molecule has 1 aromatic carbocycles. The van der Waals surface area contributed by atoms with Gasteiger partial charge in [-0.3, -0.25) is 9.88 Å². The predicted molar refractivity (Wildman–Crippen MR) is 98.6 cm³/mol. The van der Waals surface area contributed by atoms with E-state index in [1.165, 1.54) is 16.9 Å². The smallest absolute Gasteiger partial charge is 0.0544 e. The van der Waals surface area contributed by atoms with Crippen molar-refractivity contribution in [2.75, 3.05) is 11.9 Å². The number of hydrogen-bond donors (Lipinski definition) is 2. The van der Waals surface area contributed by atoms with E-state index in [9.17, 15) is 0 Å². The molecule has 0 aliphatic rings. The number of nitrogens with zero attached hydrogens (tertiary/aromatic N) is 2. The lowest BCUT2D eigenvalue weighted by Gasteiger charge is -2.23. The Kier molecular flexibility index (Phi) is 5.64. The van der Waals surface area contributed by atoms with Crippen molar-refractivity contribution in [3.63, 3.8) is 0 Å². The van der Waals surface area contributed by atoms with Crippen LogP contribution in [0.2, 0.25) is 0 Å². The van der Waals surface area contributed by atoms with Crippen molar-refractivity contribution in [1.29, 1.82) is 0 Å². The average Bonchev–Trinajstić information content (AvgIpc) is 3.11. The quantitative estimate of drug-likeness (QED) is 0.658. The minimum absolute atomic E-state index is 0.820. The fourth-order valence-corrected chi connectivity index (χ4v) is 2.86. The van der Waals surface area contributed by atoms with Gasteiger partial charge in [0.05, 0.1) is 5.69 Å². The Hall–Kier alpha value is -2.59. The summed E-state index contributed by atoms with van der Waals surface area (Å²) >= 11 is 0. The molecule has 2 aromatic heterocycles. The van der Waals surface area contributed by atoms with Gasteiger partial charge in [0.1, 0.15) is 0 Å². The molecule has 24 heavy (non-hydrogen) atoms. The van der Waals surface area contributed by atoms with Crippen molar-refractivity contribution in [1.82, 2.24) is 14.9 Å². The van der Waals surface area contributed by atoms with Crippen molar-refractivity contribution >= 4 is 5.69 Å². The first-order chi connectivity index (χ1) is 11.8. The predicted octanol–water partition coefficient (Wildman–Crippen LogP) is 4.04. The zero-order chi connectivity index (χ0) is 16.6. The molecular weight excluding hydrogens is 296 g/mol.